The van der Waals surface area contributed by atoms with Gasteiger partial charge in [-0.05, 0) is 36.5 Å². The molecule has 0 bridgehead atoms. The predicted octanol–water partition coefficient (Wildman–Crippen LogP) is 2.47. The minimum atomic E-state index is -0.0401. The van der Waals surface area contributed by atoms with Crippen LogP contribution in [-0.4, -0.2) is 42.4 Å². The molecule has 0 saturated heterocycles. The van der Waals surface area contributed by atoms with Gasteiger partial charge in [0.2, 0.25) is 5.91 Å². The fraction of sp³-hybridized carbons (Fsp3) is 0.562. The second-order valence-electron chi connectivity index (χ2n) is 5.46. The highest BCUT2D eigenvalue weighted by Crippen LogP contribution is 2.26. The van der Waals surface area contributed by atoms with E-state index in [2.05, 4.69) is 30.6 Å². The van der Waals surface area contributed by atoms with Crippen LogP contribution in [0, 0.1) is 0 Å². The average molecular weight is 292 g/mol. The maximum absolute atomic E-state index is 12.7. The monoisotopic (exact) mass is 292 g/mol. The zero-order valence-electron chi connectivity index (χ0n) is 12.6. The highest BCUT2D eigenvalue weighted by Gasteiger charge is 2.29. The summed E-state index contributed by atoms with van der Waals surface area (Å²) in [4.78, 5) is 14.7. The summed E-state index contributed by atoms with van der Waals surface area (Å²) < 4.78 is 0. The molecule has 20 heavy (non-hydrogen) atoms. The lowest BCUT2D eigenvalue weighted by atomic mass is 9.89. The van der Waals surface area contributed by atoms with Gasteiger partial charge in [0.15, 0.2) is 0 Å². The SMILES string of the molecule is CSCCC(C)N(C)C(=O)C1CNCc2ccccc21. The Morgan fingerprint density at radius 1 is 1.50 bits per heavy atom. The number of nitrogens with one attached hydrogen (secondary N) is 1. The van der Waals surface area contributed by atoms with Crippen LogP contribution in [0.5, 0.6) is 0 Å². The summed E-state index contributed by atoms with van der Waals surface area (Å²) in [5, 5.41) is 3.36. The molecule has 0 radical (unpaired) electrons. The standard InChI is InChI=1S/C16H24N2OS/c1-12(8-9-20-3)18(2)16(19)15-11-17-10-13-6-4-5-7-14(13)15/h4-7,12,15,17H,8-11H2,1-3H3. The zero-order valence-corrected chi connectivity index (χ0v) is 13.4. The van der Waals surface area contributed by atoms with Crippen LogP contribution in [-0.2, 0) is 11.3 Å². The van der Waals surface area contributed by atoms with Gasteiger partial charge in [0.25, 0.3) is 0 Å². The van der Waals surface area contributed by atoms with E-state index in [1.165, 1.54) is 11.1 Å². The van der Waals surface area contributed by atoms with Crippen molar-refractivity contribution in [2.24, 2.45) is 0 Å². The Hall–Kier alpha value is -1.00. The number of carbonyl (C=O) groups excluding carboxylic acids is 1. The van der Waals surface area contributed by atoms with E-state index < -0.39 is 0 Å². The molecule has 0 spiro atoms. The first-order valence-electron chi connectivity index (χ1n) is 7.19. The van der Waals surface area contributed by atoms with Crippen molar-refractivity contribution in [1.29, 1.82) is 0 Å². The summed E-state index contributed by atoms with van der Waals surface area (Å²) in [7, 11) is 1.94. The molecule has 1 amide bonds. The summed E-state index contributed by atoms with van der Waals surface area (Å²) in [6, 6.07) is 8.57. The van der Waals surface area contributed by atoms with E-state index in [0.29, 0.717) is 6.04 Å². The van der Waals surface area contributed by atoms with Crippen LogP contribution in [0.4, 0.5) is 0 Å². The molecule has 0 saturated carbocycles. The first-order chi connectivity index (χ1) is 9.65. The summed E-state index contributed by atoms with van der Waals surface area (Å²) in [6.45, 7) is 3.75. The van der Waals surface area contributed by atoms with Gasteiger partial charge in [0.05, 0.1) is 5.92 Å². The van der Waals surface area contributed by atoms with Crippen molar-refractivity contribution in [2.75, 3.05) is 25.6 Å². The molecular weight excluding hydrogens is 268 g/mol. The first kappa shape index (κ1) is 15.4. The minimum absolute atomic E-state index is 0.0401. The maximum Gasteiger partial charge on any atom is 0.231 e. The van der Waals surface area contributed by atoms with Crippen LogP contribution in [0.2, 0.25) is 0 Å². The molecule has 110 valence electrons. The molecular formula is C16H24N2OS. The number of fused-ring (bicyclic) bond motifs is 1. The van der Waals surface area contributed by atoms with Crippen molar-refractivity contribution in [3.63, 3.8) is 0 Å². The minimum Gasteiger partial charge on any atom is -0.342 e. The predicted molar refractivity (Wildman–Crippen MR) is 86.1 cm³/mol. The van der Waals surface area contributed by atoms with E-state index in [-0.39, 0.29) is 11.8 Å². The Kier molecular flexibility index (Phi) is 5.49. The smallest absolute Gasteiger partial charge is 0.231 e. The van der Waals surface area contributed by atoms with Crippen molar-refractivity contribution < 1.29 is 4.79 Å². The van der Waals surface area contributed by atoms with Gasteiger partial charge >= 0.3 is 0 Å². The maximum atomic E-state index is 12.7. The van der Waals surface area contributed by atoms with Crippen LogP contribution in [0.15, 0.2) is 24.3 Å². The second kappa shape index (κ2) is 7.14. The van der Waals surface area contributed by atoms with Gasteiger partial charge < -0.3 is 10.2 Å². The Bertz CT molecular complexity index is 464. The normalized spacial score (nSPS) is 19.2. The van der Waals surface area contributed by atoms with E-state index in [1.807, 2.05) is 35.8 Å². The fourth-order valence-electron chi connectivity index (χ4n) is 2.66. The number of carbonyl (C=O) groups is 1. The van der Waals surface area contributed by atoms with Crippen LogP contribution in [0.25, 0.3) is 0 Å². The third-order valence-corrected chi connectivity index (χ3v) is 4.79. The molecule has 2 atom stereocenters. The molecule has 2 rings (SSSR count). The van der Waals surface area contributed by atoms with E-state index in [0.717, 1.165) is 25.3 Å². The van der Waals surface area contributed by atoms with Crippen LogP contribution in [0.3, 0.4) is 0 Å². The number of amides is 1. The Balaban J connectivity index is 2.10. The van der Waals surface area contributed by atoms with E-state index >= 15 is 0 Å². The summed E-state index contributed by atoms with van der Waals surface area (Å²) in [6.07, 6.45) is 3.15. The molecule has 0 aromatic heterocycles. The molecule has 1 aliphatic rings. The van der Waals surface area contributed by atoms with Crippen LogP contribution < -0.4 is 5.32 Å². The molecule has 1 aromatic rings. The Morgan fingerprint density at radius 3 is 3.00 bits per heavy atom. The molecule has 1 aromatic carbocycles. The molecule has 0 fully saturated rings. The molecule has 1 heterocycles. The first-order valence-corrected chi connectivity index (χ1v) is 8.58. The van der Waals surface area contributed by atoms with Crippen molar-refractivity contribution in [3.8, 4) is 0 Å². The lowest BCUT2D eigenvalue weighted by molar-refractivity contribution is -0.133. The number of nitrogens with zero attached hydrogens (tertiary/aromatic N) is 1. The van der Waals surface area contributed by atoms with Crippen LogP contribution in [0.1, 0.15) is 30.4 Å². The van der Waals surface area contributed by atoms with Crippen molar-refractivity contribution in [2.45, 2.75) is 31.8 Å². The number of rotatable bonds is 5. The van der Waals surface area contributed by atoms with E-state index in [4.69, 9.17) is 0 Å². The van der Waals surface area contributed by atoms with Gasteiger partial charge in [-0.3, -0.25) is 4.79 Å². The van der Waals surface area contributed by atoms with Crippen molar-refractivity contribution >= 4 is 17.7 Å². The molecule has 0 aliphatic carbocycles. The largest absolute Gasteiger partial charge is 0.342 e. The number of benzene rings is 1. The van der Waals surface area contributed by atoms with Gasteiger partial charge in [0, 0.05) is 26.2 Å². The second-order valence-corrected chi connectivity index (χ2v) is 6.45. The Labute approximate surface area is 126 Å². The molecule has 2 unspecified atom stereocenters. The topological polar surface area (TPSA) is 32.3 Å². The Morgan fingerprint density at radius 2 is 2.25 bits per heavy atom. The highest BCUT2D eigenvalue weighted by molar-refractivity contribution is 7.98. The zero-order chi connectivity index (χ0) is 14.5. The third kappa shape index (κ3) is 3.36. The average Bonchev–Trinajstić information content (AvgIpc) is 2.50. The summed E-state index contributed by atoms with van der Waals surface area (Å²) >= 11 is 1.83. The van der Waals surface area contributed by atoms with Gasteiger partial charge in [-0.1, -0.05) is 24.3 Å². The quantitative estimate of drug-likeness (QED) is 0.905. The van der Waals surface area contributed by atoms with E-state index in [9.17, 15) is 4.79 Å². The molecule has 1 N–H and O–H groups in total. The summed E-state index contributed by atoms with van der Waals surface area (Å²) in [5.74, 6) is 1.29. The van der Waals surface area contributed by atoms with E-state index in [1.54, 1.807) is 0 Å². The molecule has 3 nitrogen and oxygen atoms in total. The fourth-order valence-corrected chi connectivity index (χ4v) is 3.24. The summed E-state index contributed by atoms with van der Waals surface area (Å²) in [5.41, 5.74) is 2.45. The number of hydrogen-bond acceptors (Lipinski definition) is 3. The van der Waals surface area contributed by atoms with Gasteiger partial charge in [-0.25, -0.2) is 0 Å². The molecule has 1 aliphatic heterocycles. The van der Waals surface area contributed by atoms with Crippen LogP contribution >= 0.6 is 11.8 Å². The van der Waals surface area contributed by atoms with Gasteiger partial charge in [-0.2, -0.15) is 11.8 Å². The van der Waals surface area contributed by atoms with Crippen molar-refractivity contribution in [3.05, 3.63) is 35.4 Å². The number of thioether (sulfide) groups is 1. The molecule has 4 heteroatoms. The van der Waals surface area contributed by atoms with Gasteiger partial charge in [0.1, 0.15) is 0 Å². The third-order valence-electron chi connectivity index (χ3n) is 4.14. The number of likely N-dealkylation sites (N-methyl/N-ethyl adjacent to an activating group) is 1. The lowest BCUT2D eigenvalue weighted by Crippen LogP contribution is -2.43. The lowest BCUT2D eigenvalue weighted by Gasteiger charge is -2.32. The number of hydrogen-bond donors (Lipinski definition) is 1. The highest BCUT2D eigenvalue weighted by atomic mass is 32.2. The van der Waals surface area contributed by atoms with Crippen molar-refractivity contribution in [1.82, 2.24) is 10.2 Å². The van der Waals surface area contributed by atoms with Gasteiger partial charge in [-0.15, -0.1) is 0 Å².